The Morgan fingerprint density at radius 3 is 2.76 bits per heavy atom. The highest BCUT2D eigenvalue weighted by atomic mass is 19.4. The van der Waals surface area contributed by atoms with Crippen LogP contribution in [0.15, 0.2) is 6.20 Å². The summed E-state index contributed by atoms with van der Waals surface area (Å²) in [6.45, 7) is 0. The number of rotatable bonds is 1. The Balaban J connectivity index is 2.29. The van der Waals surface area contributed by atoms with Crippen molar-refractivity contribution in [2.24, 2.45) is 5.92 Å². The van der Waals surface area contributed by atoms with Crippen LogP contribution in [-0.4, -0.2) is 21.0 Å². The minimum absolute atomic E-state index is 0.197. The molecular weight excluding hydrogens is 237 g/mol. The van der Waals surface area contributed by atoms with Crippen LogP contribution in [0.1, 0.15) is 23.5 Å². The predicted molar refractivity (Wildman–Crippen MR) is 50.2 cm³/mol. The van der Waals surface area contributed by atoms with E-state index < -0.39 is 23.9 Å². The summed E-state index contributed by atoms with van der Waals surface area (Å²) in [5, 5.41) is 8.83. The Kier molecular flexibility index (Phi) is 2.76. The molecule has 1 aliphatic rings. The number of hydrogen-bond acceptors (Lipinski definition) is 3. The van der Waals surface area contributed by atoms with E-state index in [1.165, 1.54) is 0 Å². The van der Waals surface area contributed by atoms with Gasteiger partial charge >= 0.3 is 12.1 Å². The lowest BCUT2D eigenvalue weighted by Crippen LogP contribution is -2.24. The quantitative estimate of drug-likeness (QED) is 0.818. The Morgan fingerprint density at radius 2 is 2.18 bits per heavy atom. The number of carbonyl (C=O) groups is 1. The Hall–Kier alpha value is -1.66. The van der Waals surface area contributed by atoms with Gasteiger partial charge in [0.1, 0.15) is 0 Å². The smallest absolute Gasteiger partial charge is 0.451 e. The first-order chi connectivity index (χ1) is 7.88. The molecule has 0 aliphatic heterocycles. The summed E-state index contributed by atoms with van der Waals surface area (Å²) >= 11 is 0. The van der Waals surface area contributed by atoms with Gasteiger partial charge in [0.2, 0.25) is 5.82 Å². The van der Waals surface area contributed by atoms with Gasteiger partial charge in [0, 0.05) is 11.9 Å². The summed E-state index contributed by atoms with van der Waals surface area (Å²) in [4.78, 5) is 17.4. The van der Waals surface area contributed by atoms with E-state index >= 15 is 0 Å². The molecule has 17 heavy (non-hydrogen) atoms. The zero-order valence-corrected chi connectivity index (χ0v) is 8.66. The molecule has 0 amide bonds. The van der Waals surface area contributed by atoms with Gasteiger partial charge in [-0.05, 0) is 24.8 Å². The van der Waals surface area contributed by atoms with E-state index in [4.69, 9.17) is 5.11 Å². The predicted octanol–water partition coefficient (Wildman–Crippen LogP) is 1.68. The lowest BCUT2D eigenvalue weighted by atomic mass is 9.87. The molecule has 0 saturated carbocycles. The number of aliphatic carboxylic acids is 1. The van der Waals surface area contributed by atoms with E-state index in [0.29, 0.717) is 17.7 Å². The van der Waals surface area contributed by atoms with E-state index in [1.807, 2.05) is 0 Å². The topological polar surface area (TPSA) is 63.1 Å². The maximum Gasteiger partial charge on any atom is 0.451 e. The van der Waals surface area contributed by atoms with E-state index in [-0.39, 0.29) is 12.8 Å². The van der Waals surface area contributed by atoms with E-state index in [9.17, 15) is 18.0 Å². The average Bonchev–Trinajstić information content (AvgIpc) is 2.26. The van der Waals surface area contributed by atoms with Crippen molar-refractivity contribution in [1.82, 2.24) is 9.97 Å². The summed E-state index contributed by atoms with van der Waals surface area (Å²) in [5.41, 5.74) is 0.807. The first-order valence-electron chi connectivity index (χ1n) is 5.02. The lowest BCUT2D eigenvalue weighted by molar-refractivity contribution is -0.145. The van der Waals surface area contributed by atoms with Gasteiger partial charge in [-0.15, -0.1) is 0 Å². The van der Waals surface area contributed by atoms with Crippen LogP contribution < -0.4 is 0 Å². The summed E-state index contributed by atoms with van der Waals surface area (Å²) in [5.74, 6) is -2.65. The van der Waals surface area contributed by atoms with Gasteiger partial charge in [-0.2, -0.15) is 13.2 Å². The number of hydrogen-bond donors (Lipinski definition) is 1. The van der Waals surface area contributed by atoms with E-state index in [2.05, 4.69) is 9.97 Å². The zero-order chi connectivity index (χ0) is 12.6. The number of halogens is 3. The molecule has 4 nitrogen and oxygen atoms in total. The van der Waals surface area contributed by atoms with Crippen molar-refractivity contribution in [2.75, 3.05) is 0 Å². The van der Waals surface area contributed by atoms with Gasteiger partial charge in [0.25, 0.3) is 0 Å². The van der Waals surface area contributed by atoms with Crippen LogP contribution in [0.2, 0.25) is 0 Å². The monoisotopic (exact) mass is 246 g/mol. The molecule has 1 unspecified atom stereocenters. The molecular formula is C10H9F3N2O2. The number of carboxylic acids is 1. The van der Waals surface area contributed by atoms with Crippen molar-refractivity contribution in [3.05, 3.63) is 23.3 Å². The lowest BCUT2D eigenvalue weighted by Gasteiger charge is -2.20. The molecule has 0 aromatic carbocycles. The number of carboxylic acid groups (broad SMARTS) is 1. The number of aromatic nitrogens is 2. The maximum atomic E-state index is 12.3. The molecule has 0 radical (unpaired) electrons. The van der Waals surface area contributed by atoms with Crippen LogP contribution in [0.4, 0.5) is 13.2 Å². The normalized spacial score (nSPS) is 19.8. The van der Waals surface area contributed by atoms with Gasteiger partial charge in [-0.25, -0.2) is 9.97 Å². The fraction of sp³-hybridized carbons (Fsp3) is 0.500. The van der Waals surface area contributed by atoms with Crippen LogP contribution in [0, 0.1) is 5.92 Å². The molecule has 92 valence electrons. The summed E-state index contributed by atoms with van der Waals surface area (Å²) in [6, 6.07) is 0. The molecule has 1 aliphatic carbocycles. The fourth-order valence-electron chi connectivity index (χ4n) is 1.85. The van der Waals surface area contributed by atoms with Gasteiger partial charge in [0.15, 0.2) is 0 Å². The molecule has 0 bridgehead atoms. The van der Waals surface area contributed by atoms with E-state index in [1.54, 1.807) is 0 Å². The Bertz CT molecular complexity index is 459. The molecule has 1 heterocycles. The standard InChI is InChI=1S/C10H9F3N2O2/c11-10(12,13)9-14-4-6-3-5(8(16)17)1-2-7(6)15-9/h4-5H,1-3H2,(H,16,17). The molecule has 0 fully saturated rings. The summed E-state index contributed by atoms with van der Waals surface area (Å²) in [6.07, 6.45) is -2.71. The SMILES string of the molecule is O=C(O)C1CCc2nc(C(F)(F)F)ncc2C1. The second kappa shape index (κ2) is 3.97. The Morgan fingerprint density at radius 1 is 1.47 bits per heavy atom. The maximum absolute atomic E-state index is 12.3. The van der Waals surface area contributed by atoms with Crippen LogP contribution in [0.25, 0.3) is 0 Å². The fourth-order valence-corrected chi connectivity index (χ4v) is 1.85. The second-order valence-electron chi connectivity index (χ2n) is 3.94. The third-order valence-electron chi connectivity index (χ3n) is 2.75. The third kappa shape index (κ3) is 2.37. The number of nitrogens with zero attached hydrogens (tertiary/aromatic N) is 2. The molecule has 1 aromatic rings. The van der Waals surface area contributed by atoms with Crippen molar-refractivity contribution in [3.8, 4) is 0 Å². The summed E-state index contributed by atoms with van der Waals surface area (Å²) in [7, 11) is 0. The van der Waals surface area contributed by atoms with Crippen molar-refractivity contribution in [1.29, 1.82) is 0 Å². The van der Waals surface area contributed by atoms with Crippen LogP contribution in [-0.2, 0) is 23.8 Å². The minimum atomic E-state index is -4.56. The first kappa shape index (κ1) is 11.8. The van der Waals surface area contributed by atoms with Gasteiger partial charge in [0.05, 0.1) is 5.92 Å². The first-order valence-corrected chi connectivity index (χ1v) is 5.02. The number of fused-ring (bicyclic) bond motifs is 1. The molecule has 1 aromatic heterocycles. The molecule has 1 atom stereocenters. The Labute approximate surface area is 94.5 Å². The highest BCUT2D eigenvalue weighted by Gasteiger charge is 2.36. The third-order valence-corrected chi connectivity index (χ3v) is 2.75. The van der Waals surface area contributed by atoms with Gasteiger partial charge in [-0.3, -0.25) is 4.79 Å². The van der Waals surface area contributed by atoms with Gasteiger partial charge in [-0.1, -0.05) is 0 Å². The zero-order valence-electron chi connectivity index (χ0n) is 8.66. The van der Waals surface area contributed by atoms with Crippen molar-refractivity contribution in [2.45, 2.75) is 25.4 Å². The average molecular weight is 246 g/mol. The van der Waals surface area contributed by atoms with Crippen molar-refractivity contribution in [3.63, 3.8) is 0 Å². The largest absolute Gasteiger partial charge is 0.481 e. The van der Waals surface area contributed by atoms with Crippen molar-refractivity contribution < 1.29 is 23.1 Å². The second-order valence-corrected chi connectivity index (χ2v) is 3.94. The molecule has 7 heteroatoms. The van der Waals surface area contributed by atoms with E-state index in [0.717, 1.165) is 6.20 Å². The molecule has 0 spiro atoms. The van der Waals surface area contributed by atoms with Gasteiger partial charge < -0.3 is 5.11 Å². The highest BCUT2D eigenvalue weighted by Crippen LogP contribution is 2.29. The molecule has 2 rings (SSSR count). The van der Waals surface area contributed by atoms with Crippen LogP contribution >= 0.6 is 0 Å². The minimum Gasteiger partial charge on any atom is -0.481 e. The summed E-state index contributed by atoms with van der Waals surface area (Å²) < 4.78 is 37.0. The highest BCUT2D eigenvalue weighted by molar-refractivity contribution is 5.70. The number of aryl methyl sites for hydroxylation is 1. The van der Waals surface area contributed by atoms with Crippen LogP contribution in [0.5, 0.6) is 0 Å². The molecule has 1 N–H and O–H groups in total. The molecule has 0 saturated heterocycles. The van der Waals surface area contributed by atoms with Crippen molar-refractivity contribution >= 4 is 5.97 Å². The van der Waals surface area contributed by atoms with Crippen LogP contribution in [0.3, 0.4) is 0 Å². The number of alkyl halides is 3.